The van der Waals surface area contributed by atoms with Crippen LogP contribution in [-0.2, 0) is 6.42 Å². The van der Waals surface area contributed by atoms with Crippen LogP contribution in [0.2, 0.25) is 0 Å². The van der Waals surface area contributed by atoms with E-state index >= 15 is 0 Å². The zero-order chi connectivity index (χ0) is 10.6. The van der Waals surface area contributed by atoms with E-state index in [1.54, 1.807) is 7.11 Å². The minimum Gasteiger partial charge on any atom is -0.481 e. The molecule has 4 heteroatoms. The SMILES string of the molecule is CNCCc1cnn(C(C)C)c1OC. The number of aromatic nitrogens is 2. The molecular weight excluding hydrogens is 178 g/mol. The van der Waals surface area contributed by atoms with Crippen molar-refractivity contribution in [2.24, 2.45) is 0 Å². The molecule has 0 aromatic carbocycles. The second-order valence-corrected chi connectivity index (χ2v) is 3.57. The van der Waals surface area contributed by atoms with Gasteiger partial charge in [0.05, 0.1) is 19.3 Å². The predicted octanol–water partition coefficient (Wildman–Crippen LogP) is 1.23. The van der Waals surface area contributed by atoms with E-state index in [-0.39, 0.29) is 0 Å². The number of nitrogens with one attached hydrogen (secondary N) is 1. The summed E-state index contributed by atoms with van der Waals surface area (Å²) in [6.45, 7) is 5.13. The third-order valence-electron chi connectivity index (χ3n) is 2.15. The maximum atomic E-state index is 5.35. The highest BCUT2D eigenvalue weighted by atomic mass is 16.5. The molecule has 0 atom stereocenters. The fourth-order valence-corrected chi connectivity index (χ4v) is 1.41. The Kier molecular flexibility index (Phi) is 3.95. The molecule has 0 unspecified atom stereocenters. The van der Waals surface area contributed by atoms with Crippen LogP contribution in [0.25, 0.3) is 0 Å². The van der Waals surface area contributed by atoms with Crippen molar-refractivity contribution in [2.45, 2.75) is 26.3 Å². The lowest BCUT2D eigenvalue weighted by Crippen LogP contribution is -2.11. The fraction of sp³-hybridized carbons (Fsp3) is 0.700. The topological polar surface area (TPSA) is 39.1 Å². The summed E-state index contributed by atoms with van der Waals surface area (Å²) in [6, 6.07) is 0.341. The van der Waals surface area contributed by atoms with E-state index in [0.29, 0.717) is 6.04 Å². The van der Waals surface area contributed by atoms with Gasteiger partial charge in [0, 0.05) is 5.56 Å². The first-order valence-electron chi connectivity index (χ1n) is 4.95. The van der Waals surface area contributed by atoms with Gasteiger partial charge < -0.3 is 10.1 Å². The Morgan fingerprint density at radius 1 is 1.57 bits per heavy atom. The van der Waals surface area contributed by atoms with Crippen molar-refractivity contribution in [3.05, 3.63) is 11.8 Å². The number of rotatable bonds is 5. The Labute approximate surface area is 85.3 Å². The van der Waals surface area contributed by atoms with Crippen LogP contribution in [-0.4, -0.2) is 30.5 Å². The first-order chi connectivity index (χ1) is 6.70. The lowest BCUT2D eigenvalue weighted by Gasteiger charge is -2.10. The monoisotopic (exact) mass is 197 g/mol. The first-order valence-corrected chi connectivity index (χ1v) is 4.95. The van der Waals surface area contributed by atoms with Gasteiger partial charge in [-0.25, -0.2) is 4.68 Å². The van der Waals surface area contributed by atoms with E-state index in [1.807, 2.05) is 17.9 Å². The molecule has 1 N–H and O–H groups in total. The van der Waals surface area contributed by atoms with Crippen molar-refractivity contribution in [2.75, 3.05) is 20.7 Å². The van der Waals surface area contributed by atoms with E-state index < -0.39 is 0 Å². The molecule has 0 saturated heterocycles. The average molecular weight is 197 g/mol. The molecule has 0 aliphatic carbocycles. The summed E-state index contributed by atoms with van der Waals surface area (Å²) in [5, 5.41) is 7.42. The molecule has 0 saturated carbocycles. The van der Waals surface area contributed by atoms with Crippen LogP contribution < -0.4 is 10.1 Å². The Hall–Kier alpha value is -1.03. The highest BCUT2D eigenvalue weighted by Gasteiger charge is 2.12. The Morgan fingerprint density at radius 2 is 2.29 bits per heavy atom. The summed E-state index contributed by atoms with van der Waals surface area (Å²) in [6.07, 6.45) is 2.84. The maximum Gasteiger partial charge on any atom is 0.215 e. The molecule has 14 heavy (non-hydrogen) atoms. The summed E-state index contributed by atoms with van der Waals surface area (Å²) in [5.74, 6) is 0.884. The zero-order valence-electron chi connectivity index (χ0n) is 9.37. The van der Waals surface area contributed by atoms with Crippen molar-refractivity contribution in [1.82, 2.24) is 15.1 Å². The van der Waals surface area contributed by atoms with Crippen molar-refractivity contribution >= 4 is 0 Å². The average Bonchev–Trinajstić information content (AvgIpc) is 2.57. The fourth-order valence-electron chi connectivity index (χ4n) is 1.41. The molecule has 0 radical (unpaired) electrons. The molecule has 1 aromatic heterocycles. The maximum absolute atomic E-state index is 5.35. The molecule has 0 amide bonds. The molecule has 4 nitrogen and oxygen atoms in total. The second-order valence-electron chi connectivity index (χ2n) is 3.57. The lowest BCUT2D eigenvalue weighted by molar-refractivity contribution is 0.342. The van der Waals surface area contributed by atoms with Crippen LogP contribution in [0, 0.1) is 0 Å². The van der Waals surface area contributed by atoms with Gasteiger partial charge in [-0.15, -0.1) is 0 Å². The van der Waals surface area contributed by atoms with Crippen molar-refractivity contribution in [1.29, 1.82) is 0 Å². The van der Waals surface area contributed by atoms with E-state index in [0.717, 1.165) is 24.4 Å². The van der Waals surface area contributed by atoms with Crippen LogP contribution >= 0.6 is 0 Å². The molecule has 0 bridgehead atoms. The van der Waals surface area contributed by atoms with E-state index in [1.165, 1.54) is 0 Å². The number of ether oxygens (including phenoxy) is 1. The third kappa shape index (κ3) is 2.26. The minimum absolute atomic E-state index is 0.341. The van der Waals surface area contributed by atoms with Crippen molar-refractivity contribution in [3.63, 3.8) is 0 Å². The van der Waals surface area contributed by atoms with Gasteiger partial charge in [0.2, 0.25) is 5.88 Å². The van der Waals surface area contributed by atoms with Gasteiger partial charge in [0.1, 0.15) is 0 Å². The van der Waals surface area contributed by atoms with Crippen LogP contribution in [0.3, 0.4) is 0 Å². The number of methoxy groups -OCH3 is 1. The standard InChI is InChI=1S/C10H19N3O/c1-8(2)13-10(14-4)9(7-12-13)5-6-11-3/h7-8,11H,5-6H2,1-4H3. The number of nitrogens with zero attached hydrogens (tertiary/aromatic N) is 2. The van der Waals surface area contributed by atoms with Gasteiger partial charge >= 0.3 is 0 Å². The van der Waals surface area contributed by atoms with E-state index in [2.05, 4.69) is 24.3 Å². The molecule has 0 aliphatic rings. The molecule has 0 aliphatic heterocycles. The van der Waals surface area contributed by atoms with Gasteiger partial charge in [0.25, 0.3) is 0 Å². The molecule has 1 rings (SSSR count). The summed E-state index contributed by atoms with van der Waals surface area (Å²) in [5.41, 5.74) is 1.16. The Morgan fingerprint density at radius 3 is 2.79 bits per heavy atom. The number of likely N-dealkylation sites (N-methyl/N-ethyl adjacent to an activating group) is 1. The smallest absolute Gasteiger partial charge is 0.215 e. The molecule has 0 spiro atoms. The Balaban J connectivity index is 2.84. The van der Waals surface area contributed by atoms with E-state index in [9.17, 15) is 0 Å². The molecule has 0 fully saturated rings. The van der Waals surface area contributed by atoms with Crippen LogP contribution in [0.5, 0.6) is 5.88 Å². The van der Waals surface area contributed by atoms with E-state index in [4.69, 9.17) is 4.74 Å². The lowest BCUT2D eigenvalue weighted by atomic mass is 10.2. The van der Waals surface area contributed by atoms with Crippen LogP contribution in [0.4, 0.5) is 0 Å². The van der Waals surface area contributed by atoms with Crippen molar-refractivity contribution in [3.8, 4) is 5.88 Å². The van der Waals surface area contributed by atoms with Gasteiger partial charge in [-0.2, -0.15) is 5.10 Å². The minimum atomic E-state index is 0.341. The number of hydrogen-bond donors (Lipinski definition) is 1. The van der Waals surface area contributed by atoms with Gasteiger partial charge in [-0.1, -0.05) is 0 Å². The highest BCUT2D eigenvalue weighted by Crippen LogP contribution is 2.21. The first kappa shape index (κ1) is 11.0. The zero-order valence-corrected chi connectivity index (χ0v) is 9.37. The summed E-state index contributed by atoms with van der Waals surface area (Å²) in [7, 11) is 3.64. The molecule has 80 valence electrons. The summed E-state index contributed by atoms with van der Waals surface area (Å²) in [4.78, 5) is 0. The largest absolute Gasteiger partial charge is 0.481 e. The summed E-state index contributed by atoms with van der Waals surface area (Å²) >= 11 is 0. The second kappa shape index (κ2) is 5.00. The number of hydrogen-bond acceptors (Lipinski definition) is 3. The van der Waals surface area contributed by atoms with Crippen LogP contribution in [0.1, 0.15) is 25.5 Å². The van der Waals surface area contributed by atoms with Crippen molar-refractivity contribution < 1.29 is 4.74 Å². The summed E-state index contributed by atoms with van der Waals surface area (Å²) < 4.78 is 7.26. The molecule has 1 aromatic rings. The Bertz CT molecular complexity index is 281. The highest BCUT2D eigenvalue weighted by molar-refractivity contribution is 5.25. The normalized spacial score (nSPS) is 10.9. The van der Waals surface area contributed by atoms with Gasteiger partial charge in [0.15, 0.2) is 0 Å². The quantitative estimate of drug-likeness (QED) is 0.771. The predicted molar refractivity (Wildman–Crippen MR) is 56.8 cm³/mol. The van der Waals surface area contributed by atoms with Gasteiger partial charge in [-0.05, 0) is 33.9 Å². The molecule has 1 heterocycles. The molecular formula is C10H19N3O. The van der Waals surface area contributed by atoms with Crippen LogP contribution in [0.15, 0.2) is 6.20 Å². The van der Waals surface area contributed by atoms with Gasteiger partial charge in [-0.3, -0.25) is 0 Å². The third-order valence-corrected chi connectivity index (χ3v) is 2.15.